The molecule has 2 nitrogen and oxygen atoms in total. The van der Waals surface area contributed by atoms with E-state index in [1.54, 1.807) is 0 Å². The first kappa shape index (κ1) is 14.1. The van der Waals surface area contributed by atoms with E-state index in [1.807, 2.05) is 20.8 Å². The molecule has 3 N–H and O–H groups in total. The van der Waals surface area contributed by atoms with Crippen LogP contribution in [0.25, 0.3) is 0 Å². The van der Waals surface area contributed by atoms with Gasteiger partial charge in [-0.2, -0.15) is 0 Å². The molecule has 0 saturated carbocycles. The summed E-state index contributed by atoms with van der Waals surface area (Å²) in [5.41, 5.74) is 5.83. The predicted molar refractivity (Wildman–Crippen MR) is 63.4 cm³/mol. The zero-order valence-electron chi connectivity index (χ0n) is 10.4. The van der Waals surface area contributed by atoms with Gasteiger partial charge in [-0.05, 0) is 17.9 Å². The Morgan fingerprint density at radius 3 is 2.35 bits per heavy atom. The number of hydrogen-bond donors (Lipinski definition) is 2. The van der Waals surface area contributed by atoms with Crippen molar-refractivity contribution >= 4 is 0 Å². The molecule has 1 rings (SSSR count). The van der Waals surface area contributed by atoms with Gasteiger partial charge in [0.2, 0.25) is 0 Å². The second-order valence-electron chi connectivity index (χ2n) is 5.39. The van der Waals surface area contributed by atoms with E-state index in [1.165, 1.54) is 6.07 Å². The molecule has 4 heteroatoms. The molecule has 0 fully saturated rings. The highest BCUT2D eigenvalue weighted by molar-refractivity contribution is 5.21. The molecule has 0 amide bonds. The zero-order valence-corrected chi connectivity index (χ0v) is 10.4. The van der Waals surface area contributed by atoms with Gasteiger partial charge in [0.25, 0.3) is 0 Å². The molecule has 0 aliphatic rings. The van der Waals surface area contributed by atoms with Crippen LogP contribution in [-0.2, 0) is 0 Å². The van der Waals surface area contributed by atoms with E-state index in [0.717, 1.165) is 12.1 Å². The third-order valence-corrected chi connectivity index (χ3v) is 2.91. The number of nitrogens with two attached hydrogens (primary N) is 1. The van der Waals surface area contributed by atoms with E-state index in [-0.39, 0.29) is 23.4 Å². The number of benzene rings is 1. The van der Waals surface area contributed by atoms with Gasteiger partial charge in [-0.3, -0.25) is 0 Å². The Bertz CT molecular complexity index is 387. The molecule has 0 saturated heterocycles. The molecule has 17 heavy (non-hydrogen) atoms. The Hall–Kier alpha value is -1.00. The first-order valence-corrected chi connectivity index (χ1v) is 5.60. The maximum atomic E-state index is 13.4. The monoisotopic (exact) mass is 243 g/mol. The number of rotatable bonds is 3. The Labute approximate surface area is 100 Å². The van der Waals surface area contributed by atoms with E-state index in [2.05, 4.69) is 0 Å². The molecule has 0 spiro atoms. The third kappa shape index (κ3) is 3.75. The van der Waals surface area contributed by atoms with Crippen LogP contribution in [0.4, 0.5) is 8.78 Å². The van der Waals surface area contributed by atoms with E-state index in [9.17, 15) is 13.9 Å². The van der Waals surface area contributed by atoms with Crippen molar-refractivity contribution < 1.29 is 13.9 Å². The fraction of sp³-hybridized carbons (Fsp3) is 0.538. The van der Waals surface area contributed by atoms with Crippen LogP contribution in [0, 0.1) is 17.0 Å². The minimum atomic E-state index is -1.01. The Morgan fingerprint density at radius 1 is 1.29 bits per heavy atom. The van der Waals surface area contributed by atoms with Gasteiger partial charge in [0.1, 0.15) is 11.6 Å². The summed E-state index contributed by atoms with van der Waals surface area (Å²) < 4.78 is 26.1. The number of aliphatic hydroxyl groups is 1. The molecular formula is C13H19F2NO. The minimum Gasteiger partial charge on any atom is -0.388 e. The highest BCUT2D eigenvalue weighted by Crippen LogP contribution is 2.28. The minimum absolute atomic E-state index is 0.0890. The van der Waals surface area contributed by atoms with Gasteiger partial charge in [0, 0.05) is 17.7 Å². The lowest BCUT2D eigenvalue weighted by molar-refractivity contribution is 0.130. The van der Waals surface area contributed by atoms with Crippen LogP contribution < -0.4 is 5.73 Å². The average molecular weight is 243 g/mol. The van der Waals surface area contributed by atoms with Gasteiger partial charge in [0.15, 0.2) is 0 Å². The molecule has 0 aliphatic heterocycles. The van der Waals surface area contributed by atoms with Crippen molar-refractivity contribution in [3.63, 3.8) is 0 Å². The summed E-state index contributed by atoms with van der Waals surface area (Å²) in [5, 5.41) is 9.88. The molecule has 2 atom stereocenters. The Kier molecular flexibility index (Phi) is 4.22. The van der Waals surface area contributed by atoms with Gasteiger partial charge in [-0.1, -0.05) is 26.8 Å². The van der Waals surface area contributed by atoms with Crippen molar-refractivity contribution in [2.75, 3.05) is 0 Å². The van der Waals surface area contributed by atoms with Crippen LogP contribution in [0.1, 0.15) is 38.9 Å². The number of hydrogen-bond acceptors (Lipinski definition) is 2. The van der Waals surface area contributed by atoms with Gasteiger partial charge < -0.3 is 10.8 Å². The normalized spacial score (nSPS) is 15.7. The van der Waals surface area contributed by atoms with Crippen molar-refractivity contribution in [2.24, 2.45) is 11.1 Å². The maximum absolute atomic E-state index is 13.4. The van der Waals surface area contributed by atoms with Gasteiger partial charge in [-0.25, -0.2) is 8.78 Å². The molecule has 0 unspecified atom stereocenters. The summed E-state index contributed by atoms with van der Waals surface area (Å²) in [6, 6.07) is 2.89. The van der Waals surface area contributed by atoms with Crippen LogP contribution >= 0.6 is 0 Å². The second kappa shape index (κ2) is 5.10. The van der Waals surface area contributed by atoms with Gasteiger partial charge in [0.05, 0.1) is 6.10 Å². The summed E-state index contributed by atoms with van der Waals surface area (Å²) >= 11 is 0. The van der Waals surface area contributed by atoms with Crippen LogP contribution in [-0.4, -0.2) is 11.1 Å². The van der Waals surface area contributed by atoms with Gasteiger partial charge in [-0.15, -0.1) is 0 Å². The van der Waals surface area contributed by atoms with Crippen molar-refractivity contribution in [3.8, 4) is 0 Å². The van der Waals surface area contributed by atoms with Gasteiger partial charge >= 0.3 is 0 Å². The van der Waals surface area contributed by atoms with E-state index < -0.39 is 17.7 Å². The van der Waals surface area contributed by atoms with Crippen LogP contribution in [0.15, 0.2) is 18.2 Å². The lowest BCUT2D eigenvalue weighted by atomic mass is 9.83. The smallest absolute Gasteiger partial charge is 0.131 e. The molecule has 0 aromatic heterocycles. The first-order chi connectivity index (χ1) is 7.71. The molecular weight excluding hydrogens is 224 g/mol. The summed E-state index contributed by atoms with van der Waals surface area (Å²) in [6.45, 7) is 5.85. The zero-order chi connectivity index (χ0) is 13.2. The maximum Gasteiger partial charge on any atom is 0.131 e. The fourth-order valence-corrected chi connectivity index (χ4v) is 1.49. The number of aliphatic hydroxyl groups excluding tert-OH is 1. The molecule has 1 aromatic carbocycles. The fourth-order valence-electron chi connectivity index (χ4n) is 1.49. The largest absolute Gasteiger partial charge is 0.388 e. The topological polar surface area (TPSA) is 46.2 Å². The average Bonchev–Trinajstić information content (AvgIpc) is 2.15. The van der Waals surface area contributed by atoms with E-state index in [0.29, 0.717) is 0 Å². The van der Waals surface area contributed by atoms with Crippen LogP contribution in [0.5, 0.6) is 0 Å². The Morgan fingerprint density at radius 2 is 1.88 bits per heavy atom. The first-order valence-electron chi connectivity index (χ1n) is 5.60. The van der Waals surface area contributed by atoms with Crippen molar-refractivity contribution in [1.82, 2.24) is 0 Å². The Balaban J connectivity index is 2.80. The summed E-state index contributed by atoms with van der Waals surface area (Å²) in [7, 11) is 0. The molecule has 0 bridgehead atoms. The third-order valence-electron chi connectivity index (χ3n) is 2.91. The molecule has 0 radical (unpaired) electrons. The summed E-state index contributed by atoms with van der Waals surface area (Å²) in [6.07, 6.45) is -0.767. The molecule has 1 aromatic rings. The van der Waals surface area contributed by atoms with Crippen LogP contribution in [0.2, 0.25) is 0 Å². The summed E-state index contributed by atoms with van der Waals surface area (Å²) in [4.78, 5) is 0. The van der Waals surface area contributed by atoms with Crippen molar-refractivity contribution in [2.45, 2.75) is 39.3 Å². The lowest BCUT2D eigenvalue weighted by Gasteiger charge is -2.29. The van der Waals surface area contributed by atoms with Crippen molar-refractivity contribution in [3.05, 3.63) is 35.4 Å². The SMILES string of the molecule is CC(C)(C)[C@H](N)C[C@@H](O)c1ccc(F)cc1F. The molecule has 96 valence electrons. The predicted octanol–water partition coefficient (Wildman–Crippen LogP) is 2.76. The highest BCUT2D eigenvalue weighted by Gasteiger charge is 2.25. The number of halogens is 2. The quantitative estimate of drug-likeness (QED) is 0.857. The van der Waals surface area contributed by atoms with Crippen LogP contribution in [0.3, 0.4) is 0 Å². The molecule has 0 heterocycles. The standard InChI is InChI=1S/C13H19F2NO/c1-13(2,3)12(16)7-11(17)9-5-4-8(14)6-10(9)15/h4-6,11-12,17H,7,16H2,1-3H3/t11-,12-/m1/s1. The molecule has 0 aliphatic carbocycles. The summed E-state index contributed by atoms with van der Waals surface area (Å²) in [5.74, 6) is -1.39. The second-order valence-corrected chi connectivity index (χ2v) is 5.39. The lowest BCUT2D eigenvalue weighted by Crippen LogP contribution is -2.36. The van der Waals surface area contributed by atoms with E-state index >= 15 is 0 Å². The highest BCUT2D eigenvalue weighted by atomic mass is 19.1. The van der Waals surface area contributed by atoms with E-state index in [4.69, 9.17) is 5.73 Å². The van der Waals surface area contributed by atoms with Crippen molar-refractivity contribution in [1.29, 1.82) is 0 Å².